The highest BCUT2D eigenvalue weighted by atomic mass is 32.2. The van der Waals surface area contributed by atoms with Gasteiger partial charge in [0.15, 0.2) is 0 Å². The van der Waals surface area contributed by atoms with Crippen molar-refractivity contribution in [2.75, 3.05) is 14.2 Å². The fourth-order valence-electron chi connectivity index (χ4n) is 2.21. The summed E-state index contributed by atoms with van der Waals surface area (Å²) in [7, 11) is 2.98. The predicted octanol–water partition coefficient (Wildman–Crippen LogP) is 2.24. The second-order valence-corrected chi connectivity index (χ2v) is 6.56. The number of carbonyl (C=O) groups excluding carboxylic acids is 3. The van der Waals surface area contributed by atoms with Gasteiger partial charge in [-0.1, -0.05) is 12.1 Å². The molecule has 0 heterocycles. The summed E-state index contributed by atoms with van der Waals surface area (Å²) in [4.78, 5) is 36.8. The van der Waals surface area contributed by atoms with Crippen LogP contribution in [0, 0.1) is 0 Å². The minimum atomic E-state index is -0.826. The van der Waals surface area contributed by atoms with Gasteiger partial charge in [0.1, 0.15) is 17.5 Å². The first kappa shape index (κ1) is 20.3. The van der Waals surface area contributed by atoms with E-state index >= 15 is 0 Å². The van der Waals surface area contributed by atoms with Crippen LogP contribution in [0.5, 0.6) is 11.5 Å². The Labute approximate surface area is 161 Å². The SMILES string of the molecule is COc1ccc(C(=O)Sc2ccccc2C(=O)N[C@H](C)C(N)=O)c(OC)c1. The highest BCUT2D eigenvalue weighted by Crippen LogP contribution is 2.32. The van der Waals surface area contributed by atoms with Crippen molar-refractivity contribution in [3.05, 3.63) is 53.6 Å². The molecule has 27 heavy (non-hydrogen) atoms. The standard InChI is InChI=1S/C19H20N2O5S/c1-11(17(20)22)21-18(23)14-6-4-5-7-16(14)27-19(24)13-9-8-12(25-2)10-15(13)26-3/h4-11H,1-3H3,(H2,20,22)(H,21,23)/t11-/m1/s1. The number of rotatable bonds is 7. The van der Waals surface area contributed by atoms with Gasteiger partial charge in [-0.25, -0.2) is 0 Å². The van der Waals surface area contributed by atoms with E-state index in [1.54, 1.807) is 42.5 Å². The van der Waals surface area contributed by atoms with Crippen LogP contribution in [0.25, 0.3) is 0 Å². The molecular formula is C19H20N2O5S. The zero-order chi connectivity index (χ0) is 20.0. The maximum atomic E-state index is 12.7. The van der Waals surface area contributed by atoms with Gasteiger partial charge in [0.25, 0.3) is 5.91 Å². The molecule has 1 atom stereocenters. The van der Waals surface area contributed by atoms with Gasteiger partial charge >= 0.3 is 0 Å². The zero-order valence-corrected chi connectivity index (χ0v) is 16.0. The number of hydrogen-bond acceptors (Lipinski definition) is 6. The lowest BCUT2D eigenvalue weighted by atomic mass is 10.2. The number of carbonyl (C=O) groups is 3. The second kappa shape index (κ2) is 9.09. The molecule has 2 aromatic carbocycles. The Balaban J connectivity index is 2.27. The monoisotopic (exact) mass is 388 g/mol. The number of amides is 2. The highest BCUT2D eigenvalue weighted by molar-refractivity contribution is 8.14. The van der Waals surface area contributed by atoms with Crippen LogP contribution in [-0.2, 0) is 4.79 Å². The molecule has 2 rings (SSSR count). The third-order valence-electron chi connectivity index (χ3n) is 3.74. The minimum absolute atomic E-state index is 0.274. The van der Waals surface area contributed by atoms with E-state index < -0.39 is 17.9 Å². The van der Waals surface area contributed by atoms with Gasteiger partial charge in [-0.15, -0.1) is 0 Å². The summed E-state index contributed by atoms with van der Waals surface area (Å²) in [5.74, 6) is -0.198. The topological polar surface area (TPSA) is 108 Å². The summed E-state index contributed by atoms with van der Waals surface area (Å²) in [6.07, 6.45) is 0. The quantitative estimate of drug-likeness (QED) is 0.705. The maximum Gasteiger partial charge on any atom is 0.253 e. The van der Waals surface area contributed by atoms with Crippen LogP contribution in [-0.4, -0.2) is 37.2 Å². The number of ether oxygens (including phenoxy) is 2. The number of nitrogens with one attached hydrogen (secondary N) is 1. The third-order valence-corrected chi connectivity index (χ3v) is 4.72. The summed E-state index contributed by atoms with van der Waals surface area (Å²) in [5.41, 5.74) is 5.80. The Hall–Kier alpha value is -3.00. The van der Waals surface area contributed by atoms with Crippen molar-refractivity contribution in [2.24, 2.45) is 5.73 Å². The lowest BCUT2D eigenvalue weighted by Gasteiger charge is -2.13. The molecule has 0 saturated heterocycles. The Morgan fingerprint density at radius 2 is 1.74 bits per heavy atom. The fourth-order valence-corrected chi connectivity index (χ4v) is 3.11. The molecule has 0 saturated carbocycles. The summed E-state index contributed by atoms with van der Waals surface area (Å²) in [6, 6.07) is 10.7. The summed E-state index contributed by atoms with van der Waals surface area (Å²) >= 11 is 0.893. The molecule has 2 aromatic rings. The number of thioether (sulfide) groups is 1. The predicted molar refractivity (Wildman–Crippen MR) is 102 cm³/mol. The lowest BCUT2D eigenvalue weighted by Crippen LogP contribution is -2.42. The van der Waals surface area contributed by atoms with E-state index in [2.05, 4.69) is 5.32 Å². The number of benzene rings is 2. The van der Waals surface area contributed by atoms with Gasteiger partial charge in [-0.05, 0) is 43.0 Å². The molecule has 0 aliphatic carbocycles. The van der Waals surface area contributed by atoms with Gasteiger partial charge in [0, 0.05) is 11.0 Å². The normalized spacial score (nSPS) is 11.4. The lowest BCUT2D eigenvalue weighted by molar-refractivity contribution is -0.119. The van der Waals surface area contributed by atoms with Gasteiger partial charge in [0.2, 0.25) is 11.0 Å². The summed E-state index contributed by atoms with van der Waals surface area (Å²) < 4.78 is 10.4. The van der Waals surface area contributed by atoms with Crippen LogP contribution in [0.2, 0.25) is 0 Å². The molecule has 2 amide bonds. The second-order valence-electron chi connectivity index (χ2n) is 5.55. The van der Waals surface area contributed by atoms with Crippen molar-refractivity contribution in [1.82, 2.24) is 5.32 Å². The van der Waals surface area contributed by atoms with E-state index in [-0.39, 0.29) is 10.7 Å². The molecule has 0 aliphatic rings. The van der Waals surface area contributed by atoms with Crippen LogP contribution >= 0.6 is 11.8 Å². The van der Waals surface area contributed by atoms with Crippen LogP contribution in [0.4, 0.5) is 0 Å². The molecule has 0 spiro atoms. The zero-order valence-electron chi connectivity index (χ0n) is 15.1. The highest BCUT2D eigenvalue weighted by Gasteiger charge is 2.20. The van der Waals surface area contributed by atoms with Gasteiger partial charge < -0.3 is 20.5 Å². The average Bonchev–Trinajstić information content (AvgIpc) is 2.67. The van der Waals surface area contributed by atoms with Gasteiger partial charge in [0.05, 0.1) is 25.3 Å². The van der Waals surface area contributed by atoms with E-state index in [9.17, 15) is 14.4 Å². The Morgan fingerprint density at radius 1 is 1.04 bits per heavy atom. The molecule has 0 fully saturated rings. The summed E-state index contributed by atoms with van der Waals surface area (Å²) in [5, 5.41) is 2.21. The molecule has 142 valence electrons. The van der Waals surface area contributed by atoms with Crippen LogP contribution < -0.4 is 20.5 Å². The molecule has 7 nitrogen and oxygen atoms in total. The minimum Gasteiger partial charge on any atom is -0.497 e. The Bertz CT molecular complexity index is 869. The largest absolute Gasteiger partial charge is 0.497 e. The third kappa shape index (κ3) is 5.01. The molecule has 0 radical (unpaired) electrons. The van der Waals surface area contributed by atoms with Crippen LogP contribution in [0.1, 0.15) is 27.6 Å². The van der Waals surface area contributed by atoms with E-state index in [0.29, 0.717) is 22.0 Å². The van der Waals surface area contributed by atoms with E-state index in [4.69, 9.17) is 15.2 Å². The van der Waals surface area contributed by atoms with Crippen molar-refractivity contribution in [3.8, 4) is 11.5 Å². The van der Waals surface area contributed by atoms with E-state index in [1.807, 2.05) is 0 Å². The smallest absolute Gasteiger partial charge is 0.253 e. The van der Waals surface area contributed by atoms with Crippen molar-refractivity contribution < 1.29 is 23.9 Å². The molecule has 8 heteroatoms. The molecule has 0 unspecified atom stereocenters. The Morgan fingerprint density at radius 3 is 2.37 bits per heavy atom. The van der Waals surface area contributed by atoms with E-state index in [0.717, 1.165) is 11.8 Å². The summed E-state index contributed by atoms with van der Waals surface area (Å²) in [6.45, 7) is 1.49. The van der Waals surface area contributed by atoms with Crippen molar-refractivity contribution >= 4 is 28.7 Å². The van der Waals surface area contributed by atoms with Gasteiger partial charge in [-0.3, -0.25) is 14.4 Å². The number of primary amides is 1. The average molecular weight is 388 g/mol. The van der Waals surface area contributed by atoms with Crippen LogP contribution in [0.3, 0.4) is 0 Å². The first-order valence-corrected chi connectivity index (χ1v) is 8.82. The van der Waals surface area contributed by atoms with Gasteiger partial charge in [-0.2, -0.15) is 0 Å². The van der Waals surface area contributed by atoms with Crippen molar-refractivity contribution in [3.63, 3.8) is 0 Å². The number of nitrogens with two attached hydrogens (primary N) is 1. The molecule has 3 N–H and O–H groups in total. The maximum absolute atomic E-state index is 12.7. The molecular weight excluding hydrogens is 368 g/mol. The van der Waals surface area contributed by atoms with Crippen LogP contribution in [0.15, 0.2) is 47.4 Å². The molecule has 0 aromatic heterocycles. The first-order valence-electron chi connectivity index (χ1n) is 8.00. The number of methoxy groups -OCH3 is 2. The van der Waals surface area contributed by atoms with Crippen molar-refractivity contribution in [2.45, 2.75) is 17.9 Å². The first-order chi connectivity index (χ1) is 12.9. The fraction of sp³-hybridized carbons (Fsp3) is 0.211. The molecule has 0 bridgehead atoms. The number of hydrogen-bond donors (Lipinski definition) is 2. The van der Waals surface area contributed by atoms with Crippen molar-refractivity contribution in [1.29, 1.82) is 0 Å². The Kier molecular flexibility index (Phi) is 6.84. The molecule has 0 aliphatic heterocycles. The van der Waals surface area contributed by atoms with E-state index in [1.165, 1.54) is 21.1 Å².